The normalized spacial score (nSPS) is 16.1. The maximum absolute atomic E-state index is 6.17. The zero-order valence-corrected chi connectivity index (χ0v) is 13.1. The van der Waals surface area contributed by atoms with Gasteiger partial charge < -0.3 is 10.1 Å². The first-order chi connectivity index (χ1) is 10.3. The Hall–Kier alpha value is -1.54. The van der Waals surface area contributed by atoms with Gasteiger partial charge in [-0.1, -0.05) is 49.7 Å². The van der Waals surface area contributed by atoms with Crippen molar-refractivity contribution in [3.8, 4) is 5.75 Å². The highest BCUT2D eigenvalue weighted by molar-refractivity contribution is 5.89. The van der Waals surface area contributed by atoms with Crippen LogP contribution in [0.5, 0.6) is 5.75 Å². The largest absolute Gasteiger partial charge is 0.493 e. The maximum atomic E-state index is 6.17. The first kappa shape index (κ1) is 14.4. The number of hydrogen-bond donors (Lipinski definition) is 1. The SMILES string of the molecule is CCCCOc1c(C(C)NC2CC2)ccc2ccccc12. The van der Waals surface area contributed by atoms with Gasteiger partial charge in [-0.15, -0.1) is 0 Å². The second-order valence-corrected chi connectivity index (χ2v) is 6.07. The predicted molar refractivity (Wildman–Crippen MR) is 88.9 cm³/mol. The number of hydrogen-bond acceptors (Lipinski definition) is 2. The van der Waals surface area contributed by atoms with Crippen LogP contribution < -0.4 is 10.1 Å². The van der Waals surface area contributed by atoms with Gasteiger partial charge in [0.25, 0.3) is 0 Å². The summed E-state index contributed by atoms with van der Waals surface area (Å²) in [6.07, 6.45) is 4.89. The Labute approximate surface area is 127 Å². The lowest BCUT2D eigenvalue weighted by molar-refractivity contribution is 0.307. The molecule has 1 N–H and O–H groups in total. The van der Waals surface area contributed by atoms with Gasteiger partial charge in [0.05, 0.1) is 6.61 Å². The van der Waals surface area contributed by atoms with Crippen molar-refractivity contribution in [1.82, 2.24) is 5.32 Å². The van der Waals surface area contributed by atoms with Crippen molar-refractivity contribution in [3.05, 3.63) is 42.0 Å². The zero-order valence-electron chi connectivity index (χ0n) is 13.1. The van der Waals surface area contributed by atoms with E-state index < -0.39 is 0 Å². The van der Waals surface area contributed by atoms with E-state index in [2.05, 4.69) is 55.6 Å². The second-order valence-electron chi connectivity index (χ2n) is 6.07. The summed E-state index contributed by atoms with van der Waals surface area (Å²) in [6, 6.07) is 14.0. The van der Waals surface area contributed by atoms with Crippen molar-refractivity contribution in [1.29, 1.82) is 0 Å². The fourth-order valence-corrected chi connectivity index (χ4v) is 2.77. The van der Waals surface area contributed by atoms with E-state index in [0.717, 1.165) is 25.2 Å². The summed E-state index contributed by atoms with van der Waals surface area (Å²) in [6.45, 7) is 5.24. The first-order valence-corrected chi connectivity index (χ1v) is 8.20. The molecule has 21 heavy (non-hydrogen) atoms. The molecular weight excluding hydrogens is 258 g/mol. The molecule has 1 aliphatic rings. The summed E-state index contributed by atoms with van der Waals surface area (Å²) >= 11 is 0. The Kier molecular flexibility index (Phi) is 4.45. The van der Waals surface area contributed by atoms with Crippen LogP contribution in [0.3, 0.4) is 0 Å². The van der Waals surface area contributed by atoms with Crippen molar-refractivity contribution in [2.24, 2.45) is 0 Å². The first-order valence-electron chi connectivity index (χ1n) is 8.20. The van der Waals surface area contributed by atoms with E-state index in [9.17, 15) is 0 Å². The van der Waals surface area contributed by atoms with Crippen LogP contribution in [0.25, 0.3) is 10.8 Å². The number of rotatable bonds is 7. The molecule has 2 aromatic carbocycles. The summed E-state index contributed by atoms with van der Waals surface area (Å²) in [7, 11) is 0. The van der Waals surface area contributed by atoms with Gasteiger partial charge in [0.1, 0.15) is 5.75 Å². The molecule has 0 heterocycles. The van der Waals surface area contributed by atoms with E-state index in [4.69, 9.17) is 4.74 Å². The topological polar surface area (TPSA) is 21.3 Å². The number of unbranched alkanes of at least 4 members (excludes halogenated alkanes) is 1. The molecule has 1 unspecified atom stereocenters. The molecule has 3 rings (SSSR count). The lowest BCUT2D eigenvalue weighted by Gasteiger charge is -2.20. The third-order valence-corrected chi connectivity index (χ3v) is 4.18. The monoisotopic (exact) mass is 283 g/mol. The van der Waals surface area contributed by atoms with Crippen LogP contribution in [0.1, 0.15) is 51.1 Å². The minimum atomic E-state index is 0.346. The Morgan fingerprint density at radius 2 is 2.00 bits per heavy atom. The van der Waals surface area contributed by atoms with Gasteiger partial charge in [-0.05, 0) is 31.6 Å². The summed E-state index contributed by atoms with van der Waals surface area (Å²) in [5.41, 5.74) is 1.29. The van der Waals surface area contributed by atoms with Gasteiger partial charge in [0.2, 0.25) is 0 Å². The Morgan fingerprint density at radius 3 is 2.76 bits per heavy atom. The van der Waals surface area contributed by atoms with Crippen LogP contribution >= 0.6 is 0 Å². The molecule has 0 aromatic heterocycles. The highest BCUT2D eigenvalue weighted by Crippen LogP contribution is 2.35. The molecule has 112 valence electrons. The van der Waals surface area contributed by atoms with Crippen LogP contribution in [0.2, 0.25) is 0 Å². The van der Waals surface area contributed by atoms with E-state index >= 15 is 0 Å². The lowest BCUT2D eigenvalue weighted by atomic mass is 10.0. The standard InChI is InChI=1S/C19H25NO/c1-3-4-13-21-19-17(14(2)20-16-10-11-16)12-9-15-7-5-6-8-18(15)19/h5-9,12,14,16,20H,3-4,10-11,13H2,1-2H3. The van der Waals surface area contributed by atoms with Crippen molar-refractivity contribution >= 4 is 10.8 Å². The molecule has 0 saturated heterocycles. The molecule has 0 bridgehead atoms. The molecule has 0 radical (unpaired) electrons. The highest BCUT2D eigenvalue weighted by Gasteiger charge is 2.25. The summed E-state index contributed by atoms with van der Waals surface area (Å²) in [5.74, 6) is 1.07. The fourth-order valence-electron chi connectivity index (χ4n) is 2.77. The van der Waals surface area contributed by atoms with E-state index in [0.29, 0.717) is 12.1 Å². The number of benzene rings is 2. The van der Waals surface area contributed by atoms with Gasteiger partial charge in [-0.3, -0.25) is 0 Å². The van der Waals surface area contributed by atoms with Crippen molar-refractivity contribution in [2.45, 2.75) is 51.6 Å². The number of ether oxygens (including phenoxy) is 1. The van der Waals surface area contributed by atoms with E-state index in [1.54, 1.807) is 0 Å². The maximum Gasteiger partial charge on any atom is 0.131 e. The molecule has 1 atom stereocenters. The van der Waals surface area contributed by atoms with Crippen molar-refractivity contribution in [2.75, 3.05) is 6.61 Å². The van der Waals surface area contributed by atoms with Gasteiger partial charge in [0, 0.05) is 23.0 Å². The minimum Gasteiger partial charge on any atom is -0.493 e. The third kappa shape index (κ3) is 3.38. The molecule has 1 fully saturated rings. The molecule has 1 aliphatic carbocycles. The fraction of sp³-hybridized carbons (Fsp3) is 0.474. The molecule has 2 nitrogen and oxygen atoms in total. The third-order valence-electron chi connectivity index (χ3n) is 4.18. The average molecular weight is 283 g/mol. The second kappa shape index (κ2) is 6.48. The van der Waals surface area contributed by atoms with Gasteiger partial charge in [-0.2, -0.15) is 0 Å². The Bertz CT molecular complexity index is 604. The summed E-state index contributed by atoms with van der Waals surface area (Å²) in [5, 5.41) is 6.17. The number of fused-ring (bicyclic) bond motifs is 1. The molecule has 1 saturated carbocycles. The van der Waals surface area contributed by atoms with Crippen LogP contribution in [0.4, 0.5) is 0 Å². The minimum absolute atomic E-state index is 0.346. The van der Waals surface area contributed by atoms with Crippen molar-refractivity contribution in [3.63, 3.8) is 0 Å². The van der Waals surface area contributed by atoms with E-state index in [-0.39, 0.29) is 0 Å². The lowest BCUT2D eigenvalue weighted by Crippen LogP contribution is -2.21. The van der Waals surface area contributed by atoms with Crippen LogP contribution in [-0.4, -0.2) is 12.6 Å². The van der Waals surface area contributed by atoms with Gasteiger partial charge in [0.15, 0.2) is 0 Å². The van der Waals surface area contributed by atoms with Crippen LogP contribution in [0, 0.1) is 0 Å². The zero-order chi connectivity index (χ0) is 14.7. The quantitative estimate of drug-likeness (QED) is 0.735. The van der Waals surface area contributed by atoms with Crippen molar-refractivity contribution < 1.29 is 4.74 Å². The summed E-state index contributed by atoms with van der Waals surface area (Å²) < 4.78 is 6.17. The average Bonchev–Trinajstić information content (AvgIpc) is 3.31. The van der Waals surface area contributed by atoms with E-state index in [1.807, 2.05) is 0 Å². The molecule has 0 aliphatic heterocycles. The Morgan fingerprint density at radius 1 is 1.19 bits per heavy atom. The number of nitrogens with one attached hydrogen (secondary N) is 1. The molecule has 2 aromatic rings. The molecule has 0 amide bonds. The van der Waals surface area contributed by atoms with Gasteiger partial charge >= 0.3 is 0 Å². The molecule has 2 heteroatoms. The Balaban J connectivity index is 1.93. The predicted octanol–water partition coefficient (Wildman–Crippen LogP) is 4.83. The van der Waals surface area contributed by atoms with Crippen LogP contribution in [-0.2, 0) is 0 Å². The van der Waals surface area contributed by atoms with E-state index in [1.165, 1.54) is 29.2 Å². The molecule has 0 spiro atoms. The smallest absolute Gasteiger partial charge is 0.131 e. The summed E-state index contributed by atoms with van der Waals surface area (Å²) in [4.78, 5) is 0. The highest BCUT2D eigenvalue weighted by atomic mass is 16.5. The molecular formula is C19H25NO. The van der Waals surface area contributed by atoms with Crippen LogP contribution in [0.15, 0.2) is 36.4 Å². The van der Waals surface area contributed by atoms with Gasteiger partial charge in [-0.25, -0.2) is 0 Å².